The molecule has 0 aliphatic carbocycles. The molecule has 0 saturated heterocycles. The Morgan fingerprint density at radius 1 is 1.21 bits per heavy atom. The van der Waals surface area contributed by atoms with E-state index in [4.69, 9.17) is 4.74 Å². The topological polar surface area (TPSA) is 9.23 Å². The Labute approximate surface area is 89.5 Å². The van der Waals surface area contributed by atoms with Crippen molar-refractivity contribution in [3.8, 4) is 0 Å². The van der Waals surface area contributed by atoms with Gasteiger partial charge >= 0.3 is 0 Å². The van der Waals surface area contributed by atoms with E-state index in [9.17, 15) is 0 Å². The van der Waals surface area contributed by atoms with Crippen molar-refractivity contribution in [2.45, 2.75) is 64.9 Å². The molecule has 0 N–H and O–H groups in total. The lowest BCUT2D eigenvalue weighted by Crippen LogP contribution is -2.10. The summed E-state index contributed by atoms with van der Waals surface area (Å²) in [4.78, 5) is 0. The molecule has 0 amide bonds. The van der Waals surface area contributed by atoms with Crippen molar-refractivity contribution in [3.63, 3.8) is 0 Å². The first-order valence-corrected chi connectivity index (χ1v) is 5.87. The van der Waals surface area contributed by atoms with E-state index >= 15 is 0 Å². The molecule has 0 rings (SSSR count). The van der Waals surface area contributed by atoms with Gasteiger partial charge in [-0.15, -0.1) is 6.58 Å². The Morgan fingerprint density at radius 2 is 1.86 bits per heavy atom. The van der Waals surface area contributed by atoms with Crippen molar-refractivity contribution in [3.05, 3.63) is 12.2 Å². The molecule has 14 heavy (non-hydrogen) atoms. The fourth-order valence-electron chi connectivity index (χ4n) is 1.67. The zero-order valence-electron chi connectivity index (χ0n) is 10.1. The molecule has 0 fully saturated rings. The van der Waals surface area contributed by atoms with Crippen LogP contribution in [-0.4, -0.2) is 13.2 Å². The van der Waals surface area contributed by atoms with Gasteiger partial charge < -0.3 is 4.74 Å². The van der Waals surface area contributed by atoms with E-state index in [0.717, 1.165) is 6.42 Å². The third-order valence-corrected chi connectivity index (χ3v) is 2.54. The molecule has 0 aromatic rings. The van der Waals surface area contributed by atoms with Gasteiger partial charge in [-0.1, -0.05) is 44.6 Å². The SMILES string of the molecule is C=C(C)CC(CCCCCCC)OC. The number of rotatable bonds is 9. The summed E-state index contributed by atoms with van der Waals surface area (Å²) in [6, 6.07) is 0. The summed E-state index contributed by atoms with van der Waals surface area (Å²) in [5, 5.41) is 0. The molecule has 0 aliphatic rings. The molecular formula is C13H26O. The van der Waals surface area contributed by atoms with Crippen LogP contribution in [0, 0.1) is 0 Å². The van der Waals surface area contributed by atoms with Crippen LogP contribution in [0.5, 0.6) is 0 Å². The Hall–Kier alpha value is -0.300. The first-order chi connectivity index (χ1) is 6.70. The average molecular weight is 198 g/mol. The second-order valence-electron chi connectivity index (χ2n) is 4.22. The number of hydrogen-bond acceptors (Lipinski definition) is 1. The van der Waals surface area contributed by atoms with Crippen molar-refractivity contribution in [1.29, 1.82) is 0 Å². The lowest BCUT2D eigenvalue weighted by molar-refractivity contribution is 0.0931. The number of hydrogen-bond donors (Lipinski definition) is 0. The fourth-order valence-corrected chi connectivity index (χ4v) is 1.67. The minimum absolute atomic E-state index is 0.397. The number of methoxy groups -OCH3 is 1. The summed E-state index contributed by atoms with van der Waals surface area (Å²) in [6.45, 7) is 8.24. The fraction of sp³-hybridized carbons (Fsp3) is 0.846. The van der Waals surface area contributed by atoms with E-state index in [2.05, 4.69) is 20.4 Å². The lowest BCUT2D eigenvalue weighted by Gasteiger charge is -2.14. The van der Waals surface area contributed by atoms with Gasteiger partial charge in [0.1, 0.15) is 0 Å². The smallest absolute Gasteiger partial charge is 0.0608 e. The molecule has 1 heteroatoms. The van der Waals surface area contributed by atoms with Gasteiger partial charge in [-0.2, -0.15) is 0 Å². The predicted molar refractivity (Wildman–Crippen MR) is 63.6 cm³/mol. The minimum Gasteiger partial charge on any atom is -0.381 e. The molecule has 0 aliphatic heterocycles. The van der Waals surface area contributed by atoms with Crippen LogP contribution in [0.25, 0.3) is 0 Å². The van der Waals surface area contributed by atoms with Crippen LogP contribution in [0.3, 0.4) is 0 Å². The molecular weight excluding hydrogens is 172 g/mol. The van der Waals surface area contributed by atoms with Gasteiger partial charge in [-0.25, -0.2) is 0 Å². The van der Waals surface area contributed by atoms with E-state index in [-0.39, 0.29) is 0 Å². The maximum absolute atomic E-state index is 5.41. The standard InChI is InChI=1S/C13H26O/c1-5-6-7-8-9-10-13(14-4)11-12(2)3/h13H,2,5-11H2,1,3-4H3. The maximum atomic E-state index is 5.41. The zero-order valence-corrected chi connectivity index (χ0v) is 10.1. The van der Waals surface area contributed by atoms with Gasteiger partial charge in [0.2, 0.25) is 0 Å². The van der Waals surface area contributed by atoms with Gasteiger partial charge in [0.15, 0.2) is 0 Å². The van der Waals surface area contributed by atoms with Gasteiger partial charge in [0, 0.05) is 7.11 Å². The van der Waals surface area contributed by atoms with Crippen molar-refractivity contribution in [1.82, 2.24) is 0 Å². The van der Waals surface area contributed by atoms with Crippen LogP contribution in [0.2, 0.25) is 0 Å². The quantitative estimate of drug-likeness (QED) is 0.396. The highest BCUT2D eigenvalue weighted by Crippen LogP contribution is 2.14. The Bertz CT molecular complexity index is 140. The molecule has 0 radical (unpaired) electrons. The van der Waals surface area contributed by atoms with Crippen LogP contribution < -0.4 is 0 Å². The molecule has 0 spiro atoms. The van der Waals surface area contributed by atoms with Crippen molar-refractivity contribution < 1.29 is 4.74 Å². The highest BCUT2D eigenvalue weighted by Gasteiger charge is 2.06. The van der Waals surface area contributed by atoms with E-state index in [0.29, 0.717) is 6.10 Å². The second kappa shape index (κ2) is 9.26. The molecule has 0 heterocycles. The summed E-state index contributed by atoms with van der Waals surface area (Å²) < 4.78 is 5.41. The third kappa shape index (κ3) is 8.31. The van der Waals surface area contributed by atoms with Gasteiger partial charge in [-0.05, 0) is 19.8 Å². The Kier molecular flexibility index (Phi) is 9.06. The minimum atomic E-state index is 0.397. The van der Waals surface area contributed by atoms with E-state index in [1.807, 2.05) is 0 Å². The van der Waals surface area contributed by atoms with Crippen LogP contribution in [-0.2, 0) is 4.74 Å². The van der Waals surface area contributed by atoms with E-state index < -0.39 is 0 Å². The monoisotopic (exact) mass is 198 g/mol. The predicted octanol–water partition coefficient (Wildman–Crippen LogP) is 4.33. The van der Waals surface area contributed by atoms with E-state index in [1.54, 1.807) is 7.11 Å². The summed E-state index contributed by atoms with van der Waals surface area (Å²) >= 11 is 0. The van der Waals surface area contributed by atoms with Gasteiger partial charge in [0.25, 0.3) is 0 Å². The molecule has 1 nitrogen and oxygen atoms in total. The third-order valence-electron chi connectivity index (χ3n) is 2.54. The van der Waals surface area contributed by atoms with Gasteiger partial charge in [0.05, 0.1) is 6.10 Å². The van der Waals surface area contributed by atoms with Crippen molar-refractivity contribution >= 4 is 0 Å². The highest BCUT2D eigenvalue weighted by molar-refractivity contribution is 4.90. The van der Waals surface area contributed by atoms with Crippen LogP contribution in [0.1, 0.15) is 58.8 Å². The Balaban J connectivity index is 3.38. The summed E-state index contributed by atoms with van der Waals surface area (Å²) in [5.41, 5.74) is 1.23. The zero-order chi connectivity index (χ0) is 10.8. The molecule has 84 valence electrons. The van der Waals surface area contributed by atoms with E-state index in [1.165, 1.54) is 44.1 Å². The second-order valence-corrected chi connectivity index (χ2v) is 4.22. The van der Waals surface area contributed by atoms with Crippen LogP contribution in [0.4, 0.5) is 0 Å². The van der Waals surface area contributed by atoms with Gasteiger partial charge in [-0.3, -0.25) is 0 Å². The molecule has 1 atom stereocenters. The lowest BCUT2D eigenvalue weighted by atomic mass is 10.0. The molecule has 0 aromatic carbocycles. The van der Waals surface area contributed by atoms with Crippen LogP contribution >= 0.6 is 0 Å². The number of unbranched alkanes of at least 4 members (excludes halogenated alkanes) is 4. The summed E-state index contributed by atoms with van der Waals surface area (Å²) in [7, 11) is 1.81. The summed E-state index contributed by atoms with van der Waals surface area (Å²) in [6.07, 6.45) is 9.32. The normalized spacial score (nSPS) is 12.8. The first kappa shape index (κ1) is 13.7. The molecule has 0 bridgehead atoms. The largest absolute Gasteiger partial charge is 0.381 e. The maximum Gasteiger partial charge on any atom is 0.0608 e. The highest BCUT2D eigenvalue weighted by atomic mass is 16.5. The van der Waals surface area contributed by atoms with Crippen LogP contribution in [0.15, 0.2) is 12.2 Å². The summed E-state index contributed by atoms with van der Waals surface area (Å²) in [5.74, 6) is 0. The molecule has 1 unspecified atom stereocenters. The van der Waals surface area contributed by atoms with Crippen molar-refractivity contribution in [2.75, 3.05) is 7.11 Å². The van der Waals surface area contributed by atoms with Crippen molar-refractivity contribution in [2.24, 2.45) is 0 Å². The first-order valence-electron chi connectivity index (χ1n) is 5.87. The average Bonchev–Trinajstić information content (AvgIpc) is 2.15. The Morgan fingerprint density at radius 3 is 2.36 bits per heavy atom. The molecule has 0 saturated carbocycles. The molecule has 0 aromatic heterocycles. The number of ether oxygens (including phenoxy) is 1.